The summed E-state index contributed by atoms with van der Waals surface area (Å²) in [7, 11) is 0. The number of urea groups is 1. The summed E-state index contributed by atoms with van der Waals surface area (Å²) in [5.74, 6) is -1.19. The highest BCUT2D eigenvalue weighted by Crippen LogP contribution is 2.16. The smallest absolute Gasteiger partial charge is 0.312 e. The number of hydrogen-bond donors (Lipinski definition) is 2. The zero-order valence-corrected chi connectivity index (χ0v) is 14.0. The first-order chi connectivity index (χ1) is 10.9. The van der Waals surface area contributed by atoms with Crippen molar-refractivity contribution in [2.24, 2.45) is 5.73 Å². The lowest BCUT2D eigenvalue weighted by atomic mass is 10.1. The van der Waals surface area contributed by atoms with Gasteiger partial charge >= 0.3 is 6.03 Å². The third-order valence-corrected chi connectivity index (χ3v) is 3.97. The van der Waals surface area contributed by atoms with E-state index < -0.39 is 29.6 Å². The molecular formula is C15H21F2N3O2S. The minimum absolute atomic E-state index is 0.176. The molecule has 0 saturated heterocycles. The zero-order valence-electron chi connectivity index (χ0n) is 13.1. The molecule has 1 aromatic rings. The molecule has 3 N–H and O–H groups in total. The van der Waals surface area contributed by atoms with Crippen molar-refractivity contribution >= 4 is 23.7 Å². The minimum atomic E-state index is -0.810. The van der Waals surface area contributed by atoms with Gasteiger partial charge in [0.2, 0.25) is 5.91 Å². The summed E-state index contributed by atoms with van der Waals surface area (Å²) < 4.78 is 27.5. The standard InChI is InChI=1S/C15H21F2N3O2S/c1-3-20(9-10-11(16)5-4-6-12(10)17)14(21)13(7-8-23-2)19-15(18)22/h4-6,13H,3,7-9H2,1-2H3,(H3,18,19,22). The molecule has 0 heterocycles. The van der Waals surface area contributed by atoms with Crippen molar-refractivity contribution in [3.63, 3.8) is 0 Å². The van der Waals surface area contributed by atoms with Gasteiger partial charge < -0.3 is 16.0 Å². The van der Waals surface area contributed by atoms with Crippen molar-refractivity contribution in [3.8, 4) is 0 Å². The first-order valence-corrected chi connectivity index (χ1v) is 8.56. The minimum Gasteiger partial charge on any atom is -0.352 e. The second kappa shape index (κ2) is 9.34. The summed E-state index contributed by atoms with van der Waals surface area (Å²) in [5.41, 5.74) is 4.92. The van der Waals surface area contributed by atoms with Gasteiger partial charge in [-0.3, -0.25) is 4.79 Å². The van der Waals surface area contributed by atoms with Crippen LogP contribution in [0.25, 0.3) is 0 Å². The highest BCUT2D eigenvalue weighted by Gasteiger charge is 2.25. The van der Waals surface area contributed by atoms with Crippen LogP contribution in [0.5, 0.6) is 0 Å². The fourth-order valence-electron chi connectivity index (χ4n) is 2.10. The lowest BCUT2D eigenvalue weighted by molar-refractivity contribution is -0.133. The Kier molecular flexibility index (Phi) is 7.80. The first-order valence-electron chi connectivity index (χ1n) is 7.17. The monoisotopic (exact) mass is 345 g/mol. The molecule has 0 aliphatic heterocycles. The zero-order chi connectivity index (χ0) is 17.4. The van der Waals surface area contributed by atoms with E-state index in [1.807, 2.05) is 6.26 Å². The van der Waals surface area contributed by atoms with E-state index in [2.05, 4.69) is 5.32 Å². The topological polar surface area (TPSA) is 75.4 Å². The molecule has 8 heteroatoms. The molecule has 1 unspecified atom stereocenters. The van der Waals surface area contributed by atoms with Crippen LogP contribution in [0.3, 0.4) is 0 Å². The number of thioether (sulfide) groups is 1. The average molecular weight is 345 g/mol. The van der Waals surface area contributed by atoms with Crippen LogP contribution in [0.2, 0.25) is 0 Å². The molecule has 0 radical (unpaired) electrons. The maximum atomic E-state index is 13.8. The Bertz CT molecular complexity index is 537. The maximum Gasteiger partial charge on any atom is 0.312 e. The van der Waals surface area contributed by atoms with Gasteiger partial charge in [-0.2, -0.15) is 11.8 Å². The van der Waals surface area contributed by atoms with Gasteiger partial charge in [-0.15, -0.1) is 0 Å². The normalized spacial score (nSPS) is 11.8. The second-order valence-corrected chi connectivity index (χ2v) is 5.88. The van der Waals surface area contributed by atoms with Gasteiger partial charge in [-0.25, -0.2) is 13.6 Å². The van der Waals surface area contributed by atoms with Crippen molar-refractivity contribution in [2.45, 2.75) is 25.9 Å². The molecule has 5 nitrogen and oxygen atoms in total. The van der Waals surface area contributed by atoms with Crippen LogP contribution >= 0.6 is 11.8 Å². The van der Waals surface area contributed by atoms with E-state index in [-0.39, 0.29) is 18.7 Å². The number of rotatable bonds is 8. The number of carbonyl (C=O) groups excluding carboxylic acids is 2. The van der Waals surface area contributed by atoms with Crippen LogP contribution in [0.15, 0.2) is 18.2 Å². The third-order valence-electron chi connectivity index (χ3n) is 3.33. The molecule has 0 aliphatic rings. The second-order valence-electron chi connectivity index (χ2n) is 4.90. The van der Waals surface area contributed by atoms with Crippen LogP contribution < -0.4 is 11.1 Å². The summed E-state index contributed by atoms with van der Waals surface area (Å²) >= 11 is 1.52. The van der Waals surface area contributed by atoms with E-state index in [1.54, 1.807) is 6.92 Å². The van der Waals surface area contributed by atoms with E-state index in [4.69, 9.17) is 5.73 Å². The number of nitrogens with two attached hydrogens (primary N) is 1. The van der Waals surface area contributed by atoms with Gasteiger partial charge in [0.15, 0.2) is 0 Å². The van der Waals surface area contributed by atoms with Crippen LogP contribution in [-0.2, 0) is 11.3 Å². The molecule has 1 rings (SSSR count). The van der Waals surface area contributed by atoms with Crippen molar-refractivity contribution in [1.82, 2.24) is 10.2 Å². The fourth-order valence-corrected chi connectivity index (χ4v) is 2.58. The van der Waals surface area contributed by atoms with Crippen molar-refractivity contribution < 1.29 is 18.4 Å². The lowest BCUT2D eigenvalue weighted by Crippen LogP contribution is -2.50. The average Bonchev–Trinajstić information content (AvgIpc) is 2.50. The Morgan fingerprint density at radius 3 is 2.43 bits per heavy atom. The number of nitrogens with zero attached hydrogens (tertiary/aromatic N) is 1. The van der Waals surface area contributed by atoms with E-state index >= 15 is 0 Å². The number of carbonyl (C=O) groups is 2. The van der Waals surface area contributed by atoms with Gasteiger partial charge in [-0.05, 0) is 37.5 Å². The van der Waals surface area contributed by atoms with E-state index in [0.717, 1.165) is 12.1 Å². The highest BCUT2D eigenvalue weighted by molar-refractivity contribution is 7.98. The summed E-state index contributed by atoms with van der Waals surface area (Å²) in [6.45, 7) is 1.75. The molecule has 0 aliphatic carbocycles. The molecule has 0 aromatic heterocycles. The Labute approximate surface area is 138 Å². The van der Waals surface area contributed by atoms with Crippen LogP contribution in [0.4, 0.5) is 13.6 Å². The van der Waals surface area contributed by atoms with E-state index in [9.17, 15) is 18.4 Å². The predicted octanol–water partition coefficient (Wildman–Crippen LogP) is 2.10. The molecule has 1 atom stereocenters. The molecule has 3 amide bonds. The lowest BCUT2D eigenvalue weighted by Gasteiger charge is -2.26. The number of amides is 3. The van der Waals surface area contributed by atoms with Gasteiger partial charge in [0.1, 0.15) is 17.7 Å². The SMILES string of the molecule is CCN(Cc1c(F)cccc1F)C(=O)C(CCSC)NC(N)=O. The summed E-state index contributed by atoms with van der Waals surface area (Å²) in [6.07, 6.45) is 2.26. The van der Waals surface area contributed by atoms with E-state index in [0.29, 0.717) is 12.2 Å². The molecule has 0 saturated carbocycles. The Morgan fingerprint density at radius 2 is 1.96 bits per heavy atom. The molecule has 128 valence electrons. The van der Waals surface area contributed by atoms with Gasteiger partial charge in [0, 0.05) is 12.1 Å². The van der Waals surface area contributed by atoms with Crippen LogP contribution in [0, 0.1) is 11.6 Å². The van der Waals surface area contributed by atoms with Gasteiger partial charge in [0.25, 0.3) is 0 Å². The summed E-state index contributed by atoms with van der Waals surface area (Å²) in [5, 5.41) is 2.39. The Balaban J connectivity index is 2.92. The molecule has 0 bridgehead atoms. The molecule has 23 heavy (non-hydrogen) atoms. The van der Waals surface area contributed by atoms with Crippen molar-refractivity contribution in [1.29, 1.82) is 0 Å². The number of benzene rings is 1. The molecule has 0 fully saturated rings. The summed E-state index contributed by atoms with van der Waals surface area (Å²) in [6, 6.07) is 1.93. The molecular weight excluding hydrogens is 324 g/mol. The van der Waals surface area contributed by atoms with Gasteiger partial charge in [0.05, 0.1) is 6.54 Å². The number of nitrogens with one attached hydrogen (secondary N) is 1. The van der Waals surface area contributed by atoms with E-state index in [1.165, 1.54) is 22.7 Å². The van der Waals surface area contributed by atoms with Crippen LogP contribution in [-0.4, -0.2) is 41.4 Å². The van der Waals surface area contributed by atoms with Crippen molar-refractivity contribution in [3.05, 3.63) is 35.4 Å². The molecule has 0 spiro atoms. The number of halogens is 2. The first kappa shape index (κ1) is 19.2. The van der Waals surface area contributed by atoms with Crippen molar-refractivity contribution in [2.75, 3.05) is 18.6 Å². The predicted molar refractivity (Wildman–Crippen MR) is 87.0 cm³/mol. The third kappa shape index (κ3) is 5.70. The number of likely N-dealkylation sites (N-methyl/N-ethyl adjacent to an activating group) is 1. The largest absolute Gasteiger partial charge is 0.352 e. The maximum absolute atomic E-state index is 13.8. The fraction of sp³-hybridized carbons (Fsp3) is 0.467. The highest BCUT2D eigenvalue weighted by atomic mass is 32.2. The van der Waals surface area contributed by atoms with Gasteiger partial charge in [-0.1, -0.05) is 6.07 Å². The quantitative estimate of drug-likeness (QED) is 0.758. The Hall–Kier alpha value is -1.83. The number of hydrogen-bond acceptors (Lipinski definition) is 3. The van der Waals surface area contributed by atoms with Crippen LogP contribution in [0.1, 0.15) is 18.9 Å². The summed E-state index contributed by atoms with van der Waals surface area (Å²) in [4.78, 5) is 24.9. The number of primary amides is 1. The molecule has 1 aromatic carbocycles. The Morgan fingerprint density at radius 1 is 1.35 bits per heavy atom.